The van der Waals surface area contributed by atoms with Crippen LogP contribution in [0.5, 0.6) is 0 Å². The highest BCUT2D eigenvalue weighted by molar-refractivity contribution is 5.93. The molecule has 1 aliphatic heterocycles. The lowest BCUT2D eigenvalue weighted by Crippen LogP contribution is -2.46. The molecule has 1 fully saturated rings. The van der Waals surface area contributed by atoms with E-state index < -0.39 is 48.1 Å². The first-order chi connectivity index (χ1) is 14.1. The molecule has 0 amide bonds. The second-order valence-electron chi connectivity index (χ2n) is 7.30. The molecule has 2 aliphatic rings. The fourth-order valence-corrected chi connectivity index (χ4v) is 3.42. The smallest absolute Gasteiger partial charge is 0.337 e. The van der Waals surface area contributed by atoms with E-state index in [-0.39, 0.29) is 16.7 Å². The summed E-state index contributed by atoms with van der Waals surface area (Å²) in [5.41, 5.74) is 1.05. The van der Waals surface area contributed by atoms with Gasteiger partial charge in [-0.3, -0.25) is 4.79 Å². The highest BCUT2D eigenvalue weighted by Gasteiger charge is 2.50. The average molecular weight is 418 g/mol. The molecule has 4 atom stereocenters. The molecule has 4 unspecified atom stereocenters. The van der Waals surface area contributed by atoms with E-state index in [1.165, 1.54) is 14.0 Å². The first-order valence-corrected chi connectivity index (χ1v) is 9.46. The first kappa shape index (κ1) is 23.1. The molecule has 1 saturated heterocycles. The van der Waals surface area contributed by atoms with Crippen molar-refractivity contribution in [3.8, 4) is 0 Å². The molecule has 8 heteroatoms. The molecule has 1 heterocycles. The molecule has 0 saturated carbocycles. The Kier molecular flexibility index (Phi) is 7.37. The standard InChI is InChI=1S/C22H26O8/c1-11(2)20(24)30-19-17-13(4)21(25)29-16(17)10-12(3)8-7-9-15(22(26)27-6)18(19)28-14(5)23/h9-10,16-19H,1,4,7-8H2,2-3,5-6H3. The van der Waals surface area contributed by atoms with Gasteiger partial charge in [0.25, 0.3) is 0 Å². The Labute approximate surface area is 175 Å². The van der Waals surface area contributed by atoms with E-state index in [9.17, 15) is 19.2 Å². The first-order valence-electron chi connectivity index (χ1n) is 9.46. The summed E-state index contributed by atoms with van der Waals surface area (Å²) in [6, 6.07) is 0. The van der Waals surface area contributed by atoms with Gasteiger partial charge in [0.15, 0.2) is 12.2 Å². The van der Waals surface area contributed by atoms with E-state index in [0.717, 1.165) is 12.5 Å². The predicted molar refractivity (Wildman–Crippen MR) is 106 cm³/mol. The Bertz CT molecular complexity index is 847. The normalized spacial score (nSPS) is 26.4. The largest absolute Gasteiger partial charge is 0.466 e. The van der Waals surface area contributed by atoms with Gasteiger partial charge in [-0.15, -0.1) is 0 Å². The number of allylic oxidation sites excluding steroid dienone is 2. The molecular weight excluding hydrogens is 392 g/mol. The SMILES string of the molecule is C=C(C)C(=O)OC1C(OC(C)=O)C(C(=O)OC)=CCCC(C)=CC2OC(=O)C(=C)C21. The van der Waals surface area contributed by atoms with Crippen LogP contribution in [0.3, 0.4) is 0 Å². The molecule has 0 N–H and O–H groups in total. The molecule has 0 bridgehead atoms. The third kappa shape index (κ3) is 5.06. The van der Waals surface area contributed by atoms with Crippen molar-refractivity contribution in [2.75, 3.05) is 7.11 Å². The van der Waals surface area contributed by atoms with Crippen LogP contribution in [0.25, 0.3) is 0 Å². The molecule has 0 spiro atoms. The van der Waals surface area contributed by atoms with Crippen molar-refractivity contribution < 1.29 is 38.1 Å². The summed E-state index contributed by atoms with van der Waals surface area (Å²) in [7, 11) is 1.19. The number of carbonyl (C=O) groups is 4. The molecule has 8 nitrogen and oxygen atoms in total. The molecule has 0 aromatic carbocycles. The summed E-state index contributed by atoms with van der Waals surface area (Å²) < 4.78 is 21.3. The number of rotatable bonds is 4. The maximum Gasteiger partial charge on any atom is 0.337 e. The lowest BCUT2D eigenvalue weighted by atomic mass is 9.83. The fourth-order valence-electron chi connectivity index (χ4n) is 3.42. The Hall–Kier alpha value is -3.16. The van der Waals surface area contributed by atoms with Gasteiger partial charge in [-0.05, 0) is 32.8 Å². The number of carbonyl (C=O) groups excluding carboxylic acids is 4. The van der Waals surface area contributed by atoms with Crippen LogP contribution >= 0.6 is 0 Å². The number of fused-ring (bicyclic) bond motifs is 1. The third-order valence-electron chi connectivity index (χ3n) is 4.88. The Morgan fingerprint density at radius 2 is 1.87 bits per heavy atom. The molecular formula is C22H26O8. The second kappa shape index (κ2) is 9.56. The summed E-state index contributed by atoms with van der Waals surface area (Å²) in [6.45, 7) is 11.8. The second-order valence-corrected chi connectivity index (χ2v) is 7.30. The van der Waals surface area contributed by atoms with Gasteiger partial charge in [0.1, 0.15) is 6.10 Å². The van der Waals surface area contributed by atoms with Gasteiger partial charge >= 0.3 is 23.9 Å². The number of hydrogen-bond donors (Lipinski definition) is 0. The van der Waals surface area contributed by atoms with E-state index >= 15 is 0 Å². The molecule has 0 radical (unpaired) electrons. The van der Waals surface area contributed by atoms with Gasteiger partial charge in [-0.1, -0.05) is 24.8 Å². The van der Waals surface area contributed by atoms with Crippen LogP contribution in [0.4, 0.5) is 0 Å². The van der Waals surface area contributed by atoms with E-state index in [4.69, 9.17) is 18.9 Å². The molecule has 1 aliphatic carbocycles. The Morgan fingerprint density at radius 1 is 1.20 bits per heavy atom. The van der Waals surface area contributed by atoms with Crippen molar-refractivity contribution in [3.05, 3.63) is 47.6 Å². The fraction of sp³-hybridized carbons (Fsp3) is 0.455. The zero-order chi connectivity index (χ0) is 22.6. The van der Waals surface area contributed by atoms with Gasteiger partial charge in [-0.25, -0.2) is 14.4 Å². The number of methoxy groups -OCH3 is 1. The van der Waals surface area contributed by atoms with E-state index in [2.05, 4.69) is 13.2 Å². The van der Waals surface area contributed by atoms with Crippen molar-refractivity contribution in [2.45, 2.75) is 51.9 Å². The number of ether oxygens (including phenoxy) is 4. The number of esters is 4. The summed E-state index contributed by atoms with van der Waals surface area (Å²) in [5, 5.41) is 0. The monoisotopic (exact) mass is 418 g/mol. The predicted octanol–water partition coefficient (Wildman–Crippen LogP) is 2.34. The van der Waals surface area contributed by atoms with Crippen LogP contribution in [0.15, 0.2) is 47.6 Å². The average Bonchev–Trinajstić information content (AvgIpc) is 2.94. The lowest BCUT2D eigenvalue weighted by Gasteiger charge is -2.33. The molecule has 162 valence electrons. The van der Waals surface area contributed by atoms with Crippen molar-refractivity contribution in [2.24, 2.45) is 5.92 Å². The summed E-state index contributed by atoms with van der Waals surface area (Å²) in [6.07, 6.45) is 0.930. The molecule has 0 aromatic heterocycles. The van der Waals surface area contributed by atoms with Gasteiger partial charge in [0, 0.05) is 18.1 Å². The van der Waals surface area contributed by atoms with Crippen LogP contribution < -0.4 is 0 Å². The third-order valence-corrected chi connectivity index (χ3v) is 4.88. The molecule has 0 aromatic rings. The topological polar surface area (TPSA) is 105 Å². The number of hydrogen-bond acceptors (Lipinski definition) is 8. The maximum absolute atomic E-state index is 12.5. The van der Waals surface area contributed by atoms with Gasteiger partial charge < -0.3 is 18.9 Å². The van der Waals surface area contributed by atoms with Crippen LogP contribution in [0.2, 0.25) is 0 Å². The zero-order valence-corrected chi connectivity index (χ0v) is 17.6. The molecule has 30 heavy (non-hydrogen) atoms. The zero-order valence-electron chi connectivity index (χ0n) is 17.6. The van der Waals surface area contributed by atoms with Crippen molar-refractivity contribution in [1.82, 2.24) is 0 Å². The summed E-state index contributed by atoms with van der Waals surface area (Å²) in [5.74, 6) is -3.76. The highest BCUT2D eigenvalue weighted by atomic mass is 16.6. The maximum atomic E-state index is 12.5. The highest BCUT2D eigenvalue weighted by Crippen LogP contribution is 2.38. The minimum Gasteiger partial charge on any atom is -0.466 e. The van der Waals surface area contributed by atoms with E-state index in [1.807, 2.05) is 6.92 Å². The minimum atomic E-state index is -1.33. The Balaban J connectivity index is 2.70. The van der Waals surface area contributed by atoms with Crippen molar-refractivity contribution >= 4 is 23.9 Å². The van der Waals surface area contributed by atoms with Gasteiger partial charge in [-0.2, -0.15) is 0 Å². The Morgan fingerprint density at radius 3 is 2.43 bits per heavy atom. The van der Waals surface area contributed by atoms with Crippen molar-refractivity contribution in [1.29, 1.82) is 0 Å². The van der Waals surface area contributed by atoms with Crippen LogP contribution in [0.1, 0.15) is 33.6 Å². The van der Waals surface area contributed by atoms with Gasteiger partial charge in [0.05, 0.1) is 18.6 Å². The lowest BCUT2D eigenvalue weighted by molar-refractivity contribution is -0.167. The quantitative estimate of drug-likeness (QED) is 0.296. The van der Waals surface area contributed by atoms with Crippen LogP contribution in [0, 0.1) is 5.92 Å². The minimum absolute atomic E-state index is 0.00724. The van der Waals surface area contributed by atoms with Crippen LogP contribution in [-0.4, -0.2) is 49.3 Å². The van der Waals surface area contributed by atoms with Gasteiger partial charge in [0.2, 0.25) is 0 Å². The van der Waals surface area contributed by atoms with Crippen LogP contribution in [-0.2, 0) is 38.1 Å². The van der Waals surface area contributed by atoms with E-state index in [0.29, 0.717) is 12.8 Å². The summed E-state index contributed by atoms with van der Waals surface area (Å²) in [4.78, 5) is 49.1. The van der Waals surface area contributed by atoms with Crippen molar-refractivity contribution in [3.63, 3.8) is 0 Å². The molecule has 2 rings (SSSR count). The van der Waals surface area contributed by atoms with E-state index in [1.54, 1.807) is 12.2 Å². The summed E-state index contributed by atoms with van der Waals surface area (Å²) >= 11 is 0.